The normalized spacial score (nSPS) is 11.2. The third-order valence-corrected chi connectivity index (χ3v) is 5.48. The van der Waals surface area contributed by atoms with E-state index < -0.39 is 5.97 Å². The number of Topliss-reactive ketones (excluding diaryl/α,β-unsaturated/α-hetero) is 1. The minimum atomic E-state index is -0.657. The van der Waals surface area contributed by atoms with Crippen molar-refractivity contribution in [1.82, 2.24) is 0 Å². The van der Waals surface area contributed by atoms with Gasteiger partial charge in [0.2, 0.25) is 5.78 Å². The van der Waals surface area contributed by atoms with Crippen LogP contribution in [-0.2, 0) is 4.84 Å². The zero-order valence-electron chi connectivity index (χ0n) is 17.8. The van der Waals surface area contributed by atoms with Gasteiger partial charge in [0.1, 0.15) is 5.75 Å². The molecule has 0 aromatic heterocycles. The van der Waals surface area contributed by atoms with Gasteiger partial charge >= 0.3 is 5.97 Å². The van der Waals surface area contributed by atoms with Crippen molar-refractivity contribution in [1.29, 1.82) is 0 Å². The lowest BCUT2D eigenvalue weighted by Gasteiger charge is -2.12. The van der Waals surface area contributed by atoms with Crippen LogP contribution in [0.2, 0.25) is 0 Å². The van der Waals surface area contributed by atoms with E-state index in [1.165, 1.54) is 0 Å². The number of oxime groups is 1. The van der Waals surface area contributed by atoms with E-state index in [4.69, 9.17) is 9.57 Å². The number of ether oxygens (including phenoxy) is 1. The Hall–Kier alpha value is -3.38. The summed E-state index contributed by atoms with van der Waals surface area (Å²) in [5.74, 6) is -0.328. The molecule has 0 bridgehead atoms. The monoisotopic (exact) mass is 433 g/mol. The summed E-state index contributed by atoms with van der Waals surface area (Å²) >= 11 is 1.62. The average Bonchev–Trinajstić information content (AvgIpc) is 2.79. The molecule has 3 aromatic rings. The lowest BCUT2D eigenvalue weighted by molar-refractivity contribution is 0.0516. The topological polar surface area (TPSA) is 65.0 Å². The molecule has 0 fully saturated rings. The van der Waals surface area contributed by atoms with Gasteiger partial charge in [-0.25, -0.2) is 4.79 Å². The van der Waals surface area contributed by atoms with Gasteiger partial charge in [-0.3, -0.25) is 4.79 Å². The molecular weight excluding hydrogens is 410 g/mol. The van der Waals surface area contributed by atoms with Crippen LogP contribution in [0.1, 0.15) is 37.4 Å². The Kier molecular flexibility index (Phi) is 7.26. The predicted octanol–water partition coefficient (Wildman–Crippen LogP) is 5.48. The first kappa shape index (κ1) is 22.3. The summed E-state index contributed by atoms with van der Waals surface area (Å²) in [4.78, 5) is 32.2. The number of aryl methyl sites for hydroxylation is 2. The van der Waals surface area contributed by atoms with Crippen LogP contribution >= 0.6 is 11.8 Å². The van der Waals surface area contributed by atoms with Gasteiger partial charge in [-0.1, -0.05) is 35.5 Å². The average molecular weight is 434 g/mol. The van der Waals surface area contributed by atoms with Crippen molar-refractivity contribution in [2.75, 3.05) is 13.4 Å². The number of hydrogen-bond donors (Lipinski definition) is 0. The first-order valence-corrected chi connectivity index (χ1v) is 10.9. The number of hydrogen-bond acceptors (Lipinski definition) is 6. The SMILES string of the molecule is COc1ccc(C(=O)ON=C(C(=O)c2c(C)cc(SC)cc2C)c2ccccc2)cc1. The Labute approximate surface area is 186 Å². The number of methoxy groups -OCH3 is 1. The molecule has 6 heteroatoms. The van der Waals surface area contributed by atoms with Crippen LogP contribution in [0.4, 0.5) is 0 Å². The number of carbonyl (C=O) groups is 2. The van der Waals surface area contributed by atoms with E-state index in [9.17, 15) is 9.59 Å². The second kappa shape index (κ2) is 10.1. The van der Waals surface area contributed by atoms with Crippen LogP contribution in [-0.4, -0.2) is 30.8 Å². The minimum Gasteiger partial charge on any atom is -0.497 e. The summed E-state index contributed by atoms with van der Waals surface area (Å²) in [6.07, 6.45) is 1.99. The largest absolute Gasteiger partial charge is 0.497 e. The van der Waals surface area contributed by atoms with Gasteiger partial charge < -0.3 is 9.57 Å². The summed E-state index contributed by atoms with van der Waals surface area (Å²) in [6, 6.07) is 19.4. The number of ketones is 1. The Morgan fingerprint density at radius 1 is 0.871 bits per heavy atom. The molecule has 5 nitrogen and oxygen atoms in total. The highest BCUT2D eigenvalue weighted by molar-refractivity contribution is 7.98. The molecule has 0 unspecified atom stereocenters. The number of benzene rings is 3. The van der Waals surface area contributed by atoms with E-state index in [1.807, 2.05) is 38.3 Å². The molecule has 3 aromatic carbocycles. The summed E-state index contributed by atoms with van der Waals surface area (Å²) in [7, 11) is 1.55. The van der Waals surface area contributed by atoms with E-state index >= 15 is 0 Å². The van der Waals surface area contributed by atoms with Crippen molar-refractivity contribution < 1.29 is 19.2 Å². The first-order chi connectivity index (χ1) is 14.9. The van der Waals surface area contributed by atoms with Gasteiger partial charge in [-0.15, -0.1) is 11.8 Å². The van der Waals surface area contributed by atoms with Crippen molar-refractivity contribution in [3.05, 3.63) is 94.5 Å². The second-order valence-corrected chi connectivity index (χ2v) is 7.76. The van der Waals surface area contributed by atoms with E-state index in [2.05, 4.69) is 5.16 Å². The van der Waals surface area contributed by atoms with Gasteiger partial charge in [0.05, 0.1) is 12.7 Å². The lowest BCUT2D eigenvalue weighted by Crippen LogP contribution is -2.19. The zero-order valence-corrected chi connectivity index (χ0v) is 18.7. The third kappa shape index (κ3) is 5.22. The lowest BCUT2D eigenvalue weighted by atomic mass is 9.94. The molecule has 0 aliphatic rings. The Morgan fingerprint density at radius 2 is 1.48 bits per heavy atom. The van der Waals surface area contributed by atoms with E-state index in [0.717, 1.165) is 16.0 Å². The van der Waals surface area contributed by atoms with Crippen molar-refractivity contribution in [3.63, 3.8) is 0 Å². The van der Waals surface area contributed by atoms with Crippen molar-refractivity contribution >= 4 is 29.2 Å². The number of nitrogens with zero attached hydrogens (tertiary/aromatic N) is 1. The summed E-state index contributed by atoms with van der Waals surface area (Å²) in [5, 5.41) is 4.00. The fraction of sp³-hybridized carbons (Fsp3) is 0.160. The number of thioether (sulfide) groups is 1. The molecule has 0 N–H and O–H groups in total. The minimum absolute atomic E-state index is 0.0746. The highest BCUT2D eigenvalue weighted by atomic mass is 32.2. The van der Waals surface area contributed by atoms with Gasteiger partial charge in [0.15, 0.2) is 5.71 Å². The maximum atomic E-state index is 13.5. The maximum Gasteiger partial charge on any atom is 0.365 e. The maximum absolute atomic E-state index is 13.5. The molecule has 0 saturated heterocycles. The molecule has 31 heavy (non-hydrogen) atoms. The fourth-order valence-corrected chi connectivity index (χ4v) is 3.80. The van der Waals surface area contributed by atoms with E-state index in [1.54, 1.807) is 67.4 Å². The Bertz CT molecular complexity index is 1100. The Balaban J connectivity index is 1.97. The summed E-state index contributed by atoms with van der Waals surface area (Å²) in [5.41, 5.74) is 3.20. The highest BCUT2D eigenvalue weighted by Crippen LogP contribution is 2.24. The molecule has 158 valence electrons. The van der Waals surface area contributed by atoms with Gasteiger partial charge in [-0.05, 0) is 67.6 Å². The molecule has 0 aliphatic heterocycles. The molecule has 0 radical (unpaired) electrons. The fourth-order valence-electron chi connectivity index (χ4n) is 3.21. The molecule has 0 saturated carbocycles. The quantitative estimate of drug-likeness (QED) is 0.162. The van der Waals surface area contributed by atoms with Crippen LogP contribution in [0.25, 0.3) is 0 Å². The van der Waals surface area contributed by atoms with Crippen molar-refractivity contribution in [2.45, 2.75) is 18.7 Å². The summed E-state index contributed by atoms with van der Waals surface area (Å²) < 4.78 is 5.10. The summed E-state index contributed by atoms with van der Waals surface area (Å²) in [6.45, 7) is 3.79. The van der Waals surface area contributed by atoms with Crippen molar-refractivity contribution in [3.8, 4) is 5.75 Å². The molecule has 0 heterocycles. The van der Waals surface area contributed by atoms with Crippen LogP contribution < -0.4 is 4.74 Å². The first-order valence-electron chi connectivity index (χ1n) is 9.63. The van der Waals surface area contributed by atoms with Crippen LogP contribution in [0.15, 0.2) is 76.8 Å². The molecule has 3 rings (SSSR count). The number of rotatable bonds is 7. The molecule has 0 aliphatic carbocycles. The van der Waals surface area contributed by atoms with Gasteiger partial charge in [0, 0.05) is 16.0 Å². The standard InChI is InChI=1S/C25H23NO4S/c1-16-14-21(31-4)15-17(2)22(16)24(27)23(18-8-6-5-7-9-18)26-30-25(28)19-10-12-20(29-3)13-11-19/h5-15H,1-4H3. The van der Waals surface area contributed by atoms with Gasteiger partial charge in [0.25, 0.3) is 0 Å². The van der Waals surface area contributed by atoms with Gasteiger partial charge in [-0.2, -0.15) is 0 Å². The number of carbonyl (C=O) groups excluding carboxylic acids is 2. The predicted molar refractivity (Wildman–Crippen MR) is 123 cm³/mol. The van der Waals surface area contributed by atoms with Crippen LogP contribution in [0.3, 0.4) is 0 Å². The molecular formula is C25H23NO4S. The zero-order chi connectivity index (χ0) is 22.4. The Morgan fingerprint density at radius 3 is 2.03 bits per heavy atom. The second-order valence-electron chi connectivity index (χ2n) is 6.88. The smallest absolute Gasteiger partial charge is 0.365 e. The van der Waals surface area contributed by atoms with E-state index in [-0.39, 0.29) is 11.5 Å². The van der Waals surface area contributed by atoms with E-state index in [0.29, 0.717) is 22.4 Å². The molecule has 0 atom stereocenters. The molecule has 0 amide bonds. The third-order valence-electron chi connectivity index (χ3n) is 4.78. The van der Waals surface area contributed by atoms with Crippen molar-refractivity contribution in [2.24, 2.45) is 5.16 Å². The highest BCUT2D eigenvalue weighted by Gasteiger charge is 2.22. The van der Waals surface area contributed by atoms with Crippen LogP contribution in [0.5, 0.6) is 5.75 Å². The molecule has 0 spiro atoms. The van der Waals surface area contributed by atoms with Crippen LogP contribution in [0, 0.1) is 13.8 Å².